The molecule has 1 aromatic rings. The van der Waals surface area contributed by atoms with E-state index >= 15 is 0 Å². The van der Waals surface area contributed by atoms with Crippen LogP contribution in [0.2, 0.25) is 5.02 Å². The minimum atomic E-state index is 0.634. The number of alkyl halides is 1. The third kappa shape index (κ3) is 3.49. The fraction of sp³-hybridized carbons (Fsp3) is 0.250. The number of hydrogen-bond acceptors (Lipinski definition) is 1. The van der Waals surface area contributed by atoms with Crippen molar-refractivity contribution in [1.29, 1.82) is 0 Å². The standard InChI is InChI=1S/C7H8ClN.CH3Cl/c1-5-2-3-7(9)6(8)4-5;1-2/h2-4H,9H2,1H3;1H3. The average Bonchev–Trinajstić information content (AvgIpc) is 2.02. The van der Waals surface area contributed by atoms with Gasteiger partial charge >= 0.3 is 0 Å². The van der Waals surface area contributed by atoms with Crippen LogP contribution in [0.1, 0.15) is 5.56 Å². The van der Waals surface area contributed by atoms with Crippen LogP contribution in [0.4, 0.5) is 5.69 Å². The van der Waals surface area contributed by atoms with Gasteiger partial charge in [-0.05, 0) is 24.6 Å². The van der Waals surface area contributed by atoms with Crippen LogP contribution in [0.5, 0.6) is 0 Å². The second-order valence-electron chi connectivity index (χ2n) is 2.02. The van der Waals surface area contributed by atoms with E-state index in [9.17, 15) is 0 Å². The van der Waals surface area contributed by atoms with Crippen molar-refractivity contribution in [3.05, 3.63) is 28.8 Å². The summed E-state index contributed by atoms with van der Waals surface area (Å²) >= 11 is 10.3. The van der Waals surface area contributed by atoms with E-state index in [0.717, 1.165) is 5.56 Å². The summed E-state index contributed by atoms with van der Waals surface area (Å²) in [6.07, 6.45) is 1.47. The molecule has 0 unspecified atom stereocenters. The van der Waals surface area contributed by atoms with E-state index in [4.69, 9.17) is 17.3 Å². The van der Waals surface area contributed by atoms with Crippen LogP contribution < -0.4 is 5.73 Å². The predicted molar refractivity (Wildman–Crippen MR) is 52.4 cm³/mol. The number of halogens is 2. The van der Waals surface area contributed by atoms with Crippen LogP contribution in [0, 0.1) is 6.92 Å². The van der Waals surface area contributed by atoms with Crippen LogP contribution in [0.3, 0.4) is 0 Å². The van der Waals surface area contributed by atoms with Gasteiger partial charge in [-0.2, -0.15) is 0 Å². The number of anilines is 1. The molecule has 0 fully saturated rings. The SMILES string of the molecule is CCl.Cc1ccc(N)c(Cl)c1. The van der Waals surface area contributed by atoms with E-state index in [-0.39, 0.29) is 0 Å². The molecule has 62 valence electrons. The zero-order valence-electron chi connectivity index (χ0n) is 6.57. The number of hydrogen-bond donors (Lipinski definition) is 1. The Kier molecular flexibility index (Phi) is 5.08. The largest absolute Gasteiger partial charge is 0.398 e. The average molecular weight is 192 g/mol. The van der Waals surface area contributed by atoms with Crippen molar-refractivity contribution >= 4 is 28.9 Å². The highest BCUT2D eigenvalue weighted by molar-refractivity contribution is 6.33. The maximum atomic E-state index is 5.69. The van der Waals surface area contributed by atoms with E-state index < -0.39 is 0 Å². The number of aryl methyl sites for hydroxylation is 1. The number of benzene rings is 1. The maximum absolute atomic E-state index is 5.69. The smallest absolute Gasteiger partial charge is 0.0638 e. The van der Waals surface area contributed by atoms with Crippen LogP contribution in [-0.4, -0.2) is 6.38 Å². The zero-order chi connectivity index (χ0) is 8.85. The van der Waals surface area contributed by atoms with Gasteiger partial charge in [0.05, 0.1) is 10.7 Å². The molecule has 0 radical (unpaired) electrons. The van der Waals surface area contributed by atoms with E-state index in [1.807, 2.05) is 19.1 Å². The summed E-state index contributed by atoms with van der Waals surface area (Å²) in [4.78, 5) is 0. The summed E-state index contributed by atoms with van der Waals surface area (Å²) in [7, 11) is 0. The molecule has 0 aliphatic rings. The Morgan fingerprint density at radius 2 is 1.82 bits per heavy atom. The van der Waals surface area contributed by atoms with Crippen LogP contribution in [0.25, 0.3) is 0 Å². The first-order valence-electron chi connectivity index (χ1n) is 3.09. The van der Waals surface area contributed by atoms with Crippen LogP contribution in [-0.2, 0) is 0 Å². The lowest BCUT2D eigenvalue weighted by Crippen LogP contribution is -1.85. The Balaban J connectivity index is 0.000000461. The fourth-order valence-electron chi connectivity index (χ4n) is 0.632. The first kappa shape index (κ1) is 10.6. The van der Waals surface area contributed by atoms with Gasteiger partial charge in [0.2, 0.25) is 0 Å². The first-order valence-corrected chi connectivity index (χ1v) is 4.23. The second kappa shape index (κ2) is 5.28. The van der Waals surface area contributed by atoms with Gasteiger partial charge in [-0.3, -0.25) is 0 Å². The number of nitrogen functional groups attached to an aromatic ring is 1. The van der Waals surface area contributed by atoms with Gasteiger partial charge in [0, 0.05) is 6.38 Å². The van der Waals surface area contributed by atoms with E-state index in [1.54, 1.807) is 6.07 Å². The third-order valence-electron chi connectivity index (χ3n) is 1.16. The van der Waals surface area contributed by atoms with Crippen molar-refractivity contribution in [3.8, 4) is 0 Å². The first-order chi connectivity index (χ1) is 5.20. The van der Waals surface area contributed by atoms with Crippen LogP contribution >= 0.6 is 23.2 Å². The van der Waals surface area contributed by atoms with Crippen LogP contribution in [0.15, 0.2) is 18.2 Å². The molecule has 0 aliphatic heterocycles. The molecule has 11 heavy (non-hydrogen) atoms. The monoisotopic (exact) mass is 191 g/mol. The summed E-state index contributed by atoms with van der Waals surface area (Å²) in [6, 6.07) is 5.58. The van der Waals surface area contributed by atoms with Gasteiger partial charge in [-0.25, -0.2) is 0 Å². The molecule has 0 amide bonds. The highest BCUT2D eigenvalue weighted by atomic mass is 35.5. The van der Waals surface area contributed by atoms with Gasteiger partial charge in [0.1, 0.15) is 0 Å². The van der Waals surface area contributed by atoms with Gasteiger partial charge in [0.25, 0.3) is 0 Å². The summed E-state index contributed by atoms with van der Waals surface area (Å²) < 4.78 is 0. The molecule has 2 N–H and O–H groups in total. The number of nitrogens with two attached hydrogens (primary N) is 1. The van der Waals surface area contributed by atoms with Crippen molar-refractivity contribution in [2.75, 3.05) is 12.1 Å². The molecule has 0 aliphatic carbocycles. The molecule has 1 nitrogen and oxygen atoms in total. The highest BCUT2D eigenvalue weighted by Gasteiger charge is 1.92. The molecule has 1 rings (SSSR count). The maximum Gasteiger partial charge on any atom is 0.0638 e. The summed E-state index contributed by atoms with van der Waals surface area (Å²) in [5.74, 6) is 0. The van der Waals surface area contributed by atoms with Crippen molar-refractivity contribution in [1.82, 2.24) is 0 Å². The lowest BCUT2D eigenvalue weighted by Gasteiger charge is -1.96. The second-order valence-corrected chi connectivity index (χ2v) is 2.43. The normalized spacial score (nSPS) is 8.36. The molecule has 0 saturated heterocycles. The Morgan fingerprint density at radius 3 is 2.18 bits per heavy atom. The lowest BCUT2D eigenvalue weighted by atomic mass is 10.2. The predicted octanol–water partition coefficient (Wildman–Crippen LogP) is 3.09. The minimum absolute atomic E-state index is 0.634. The van der Waals surface area contributed by atoms with Crippen molar-refractivity contribution in [2.24, 2.45) is 0 Å². The Hall–Kier alpha value is -0.400. The van der Waals surface area contributed by atoms with E-state index in [2.05, 4.69) is 11.6 Å². The molecule has 3 heteroatoms. The Morgan fingerprint density at radius 1 is 1.27 bits per heavy atom. The highest BCUT2D eigenvalue weighted by Crippen LogP contribution is 2.18. The van der Waals surface area contributed by atoms with E-state index in [0.29, 0.717) is 10.7 Å². The molecule has 0 spiro atoms. The molecule has 0 heterocycles. The zero-order valence-corrected chi connectivity index (χ0v) is 8.08. The summed E-state index contributed by atoms with van der Waals surface area (Å²) in [6.45, 7) is 1.98. The van der Waals surface area contributed by atoms with Gasteiger partial charge in [0.15, 0.2) is 0 Å². The van der Waals surface area contributed by atoms with Crippen molar-refractivity contribution < 1.29 is 0 Å². The fourth-order valence-corrected chi connectivity index (χ4v) is 0.867. The van der Waals surface area contributed by atoms with Crippen molar-refractivity contribution in [3.63, 3.8) is 0 Å². The molecule has 1 aromatic carbocycles. The van der Waals surface area contributed by atoms with Gasteiger partial charge in [-0.15, -0.1) is 11.6 Å². The molecule has 0 atom stereocenters. The molecule has 0 bridgehead atoms. The van der Waals surface area contributed by atoms with E-state index in [1.165, 1.54) is 6.38 Å². The molecule has 0 aromatic heterocycles. The Labute approximate surface area is 77.1 Å². The minimum Gasteiger partial charge on any atom is -0.398 e. The van der Waals surface area contributed by atoms with Crippen molar-refractivity contribution in [2.45, 2.75) is 6.92 Å². The van der Waals surface area contributed by atoms with Gasteiger partial charge < -0.3 is 5.73 Å². The molecule has 0 saturated carbocycles. The number of rotatable bonds is 0. The molecular weight excluding hydrogens is 181 g/mol. The summed E-state index contributed by atoms with van der Waals surface area (Å²) in [5, 5.41) is 0.634. The quantitative estimate of drug-likeness (QED) is 0.496. The molecular formula is C8H11Cl2N. The Bertz CT molecular complexity index is 223. The van der Waals surface area contributed by atoms with Gasteiger partial charge in [-0.1, -0.05) is 17.7 Å². The summed E-state index contributed by atoms with van der Waals surface area (Å²) in [5.41, 5.74) is 7.23. The lowest BCUT2D eigenvalue weighted by molar-refractivity contribution is 1.47. The third-order valence-corrected chi connectivity index (χ3v) is 1.48. The topological polar surface area (TPSA) is 26.0 Å².